The smallest absolute Gasteiger partial charge is 0.209 e. The minimum Gasteiger partial charge on any atom is -0.358 e. The minimum atomic E-state index is 0.00636. The van der Waals surface area contributed by atoms with Gasteiger partial charge in [-0.1, -0.05) is 75.4 Å². The Bertz CT molecular complexity index is 1080. The summed E-state index contributed by atoms with van der Waals surface area (Å²) in [5, 5.41) is 3.58. The van der Waals surface area contributed by atoms with Crippen LogP contribution in [0.25, 0.3) is 0 Å². The Morgan fingerprint density at radius 2 is 1.53 bits per heavy atom. The van der Waals surface area contributed by atoms with Crippen molar-refractivity contribution in [1.82, 2.24) is 0 Å². The Kier molecular flexibility index (Phi) is 5.27. The Balaban J connectivity index is 1.57. The van der Waals surface area contributed by atoms with Crippen LogP contribution in [0, 0.1) is 0 Å². The largest absolute Gasteiger partial charge is 0.358 e. The molecule has 2 aromatic rings. The number of nitrogens with zero attached hydrogens (tertiary/aromatic N) is 1. The Morgan fingerprint density at radius 3 is 2.27 bits per heavy atom. The van der Waals surface area contributed by atoms with E-state index in [-0.39, 0.29) is 10.8 Å². The molecule has 4 rings (SSSR count). The maximum Gasteiger partial charge on any atom is 0.209 e. The molecule has 2 nitrogen and oxygen atoms in total. The number of hydrogen-bond acceptors (Lipinski definition) is 1. The zero-order valence-electron chi connectivity index (χ0n) is 18.9. The molecule has 0 aliphatic carbocycles. The molecule has 154 valence electrons. The van der Waals surface area contributed by atoms with Gasteiger partial charge in [0.25, 0.3) is 0 Å². The molecule has 1 N–H and O–H groups in total. The molecular weight excluding hydrogens is 364 g/mol. The number of anilines is 1. The molecule has 30 heavy (non-hydrogen) atoms. The predicted molar refractivity (Wildman–Crippen MR) is 129 cm³/mol. The zero-order valence-corrected chi connectivity index (χ0v) is 18.9. The van der Waals surface area contributed by atoms with Gasteiger partial charge < -0.3 is 5.32 Å². The first kappa shape index (κ1) is 20.4. The summed E-state index contributed by atoms with van der Waals surface area (Å²) in [6.45, 7) is 12.5. The molecule has 0 saturated carbocycles. The van der Waals surface area contributed by atoms with Crippen LogP contribution in [0.3, 0.4) is 0 Å². The van der Waals surface area contributed by atoms with Crippen molar-refractivity contribution in [2.45, 2.75) is 51.9 Å². The summed E-state index contributed by atoms with van der Waals surface area (Å²) >= 11 is 0. The molecule has 0 radical (unpaired) electrons. The second-order valence-corrected chi connectivity index (χ2v) is 9.30. The van der Waals surface area contributed by atoms with Crippen LogP contribution in [0.5, 0.6) is 0 Å². The highest BCUT2D eigenvalue weighted by molar-refractivity contribution is 6.03. The molecule has 0 amide bonds. The summed E-state index contributed by atoms with van der Waals surface area (Å²) in [4.78, 5) is 0. The van der Waals surface area contributed by atoms with Gasteiger partial charge in [-0.05, 0) is 31.6 Å². The van der Waals surface area contributed by atoms with Gasteiger partial charge in [0, 0.05) is 40.9 Å². The summed E-state index contributed by atoms with van der Waals surface area (Å²) in [6.07, 6.45) is 12.1. The van der Waals surface area contributed by atoms with Crippen molar-refractivity contribution in [3.05, 3.63) is 95.7 Å². The Labute approximate surface area is 181 Å². The third-order valence-corrected chi connectivity index (χ3v) is 6.53. The molecule has 0 fully saturated rings. The van der Waals surface area contributed by atoms with Crippen LogP contribution >= 0.6 is 0 Å². The molecule has 0 saturated heterocycles. The van der Waals surface area contributed by atoms with Gasteiger partial charge in [0.1, 0.15) is 6.54 Å². The van der Waals surface area contributed by atoms with Crippen molar-refractivity contribution >= 4 is 17.1 Å². The van der Waals surface area contributed by atoms with E-state index in [0.29, 0.717) is 0 Å². The third kappa shape index (κ3) is 3.35. The number of allylic oxidation sites excluding steroid dienone is 6. The van der Waals surface area contributed by atoms with Crippen LogP contribution in [-0.4, -0.2) is 16.8 Å². The van der Waals surface area contributed by atoms with Crippen LogP contribution in [0.4, 0.5) is 11.4 Å². The highest BCUT2D eigenvalue weighted by Crippen LogP contribution is 2.43. The SMILES string of the molecule is CCC[N+]1=C(/C=C/C=C/C=C2/Nc3ccccc3C2(C)C)C(C)(C)c2ccccc21. The second kappa shape index (κ2) is 7.75. The zero-order chi connectivity index (χ0) is 21.4. The molecule has 0 unspecified atom stereocenters. The lowest BCUT2D eigenvalue weighted by atomic mass is 9.81. The first-order chi connectivity index (χ1) is 14.4. The number of para-hydroxylation sites is 2. The average Bonchev–Trinajstić information content (AvgIpc) is 3.11. The van der Waals surface area contributed by atoms with E-state index in [4.69, 9.17) is 0 Å². The van der Waals surface area contributed by atoms with Gasteiger partial charge in [0.2, 0.25) is 5.69 Å². The van der Waals surface area contributed by atoms with Gasteiger partial charge in [0.15, 0.2) is 5.71 Å². The van der Waals surface area contributed by atoms with Crippen molar-refractivity contribution in [3.63, 3.8) is 0 Å². The van der Waals surface area contributed by atoms with Crippen LogP contribution in [0.2, 0.25) is 0 Å². The lowest BCUT2D eigenvalue weighted by Gasteiger charge is -2.19. The monoisotopic (exact) mass is 397 g/mol. The van der Waals surface area contributed by atoms with Crippen molar-refractivity contribution < 1.29 is 4.58 Å². The minimum absolute atomic E-state index is 0.00636. The van der Waals surface area contributed by atoms with Crippen LogP contribution in [0.1, 0.15) is 52.2 Å². The lowest BCUT2D eigenvalue weighted by molar-refractivity contribution is -0.437. The number of hydrogen-bond donors (Lipinski definition) is 1. The highest BCUT2D eigenvalue weighted by atomic mass is 15.1. The summed E-state index contributed by atoms with van der Waals surface area (Å²) in [7, 11) is 0. The number of nitrogens with one attached hydrogen (secondary N) is 1. The molecule has 2 aliphatic rings. The van der Waals surface area contributed by atoms with E-state index in [1.165, 1.54) is 33.9 Å². The number of rotatable bonds is 5. The van der Waals surface area contributed by atoms with E-state index in [2.05, 4.69) is 123 Å². The molecule has 2 aromatic carbocycles. The molecular formula is C28H33N2+. The fourth-order valence-electron chi connectivity index (χ4n) is 4.80. The van der Waals surface area contributed by atoms with E-state index in [1.54, 1.807) is 0 Å². The quantitative estimate of drug-likeness (QED) is 0.429. The van der Waals surface area contributed by atoms with Crippen molar-refractivity contribution in [2.75, 3.05) is 11.9 Å². The van der Waals surface area contributed by atoms with Crippen molar-refractivity contribution in [3.8, 4) is 0 Å². The van der Waals surface area contributed by atoms with Crippen LogP contribution in [0.15, 0.2) is 84.6 Å². The maximum atomic E-state index is 3.58. The number of fused-ring (bicyclic) bond motifs is 2. The maximum absolute atomic E-state index is 3.58. The molecule has 0 bridgehead atoms. The van der Waals surface area contributed by atoms with Gasteiger partial charge in [-0.15, -0.1) is 0 Å². The van der Waals surface area contributed by atoms with Gasteiger partial charge in [-0.2, -0.15) is 4.58 Å². The molecule has 2 aliphatic heterocycles. The van der Waals surface area contributed by atoms with Gasteiger partial charge in [-0.25, -0.2) is 0 Å². The predicted octanol–water partition coefficient (Wildman–Crippen LogP) is 6.87. The van der Waals surface area contributed by atoms with Crippen LogP contribution in [-0.2, 0) is 10.8 Å². The first-order valence-corrected chi connectivity index (χ1v) is 11.0. The number of benzene rings is 2. The molecule has 0 atom stereocenters. The third-order valence-electron chi connectivity index (χ3n) is 6.53. The normalized spacial score (nSPS) is 20.2. The summed E-state index contributed by atoms with van der Waals surface area (Å²) in [5.74, 6) is 0. The summed E-state index contributed by atoms with van der Waals surface area (Å²) < 4.78 is 2.48. The highest BCUT2D eigenvalue weighted by Gasteiger charge is 2.43. The molecule has 0 spiro atoms. The molecule has 0 aromatic heterocycles. The lowest BCUT2D eigenvalue weighted by Crippen LogP contribution is -2.27. The summed E-state index contributed by atoms with van der Waals surface area (Å²) in [6, 6.07) is 17.4. The molecule has 2 heteroatoms. The van der Waals surface area contributed by atoms with E-state index in [9.17, 15) is 0 Å². The van der Waals surface area contributed by atoms with E-state index >= 15 is 0 Å². The van der Waals surface area contributed by atoms with Gasteiger partial charge >= 0.3 is 0 Å². The Hall–Kier alpha value is -2.87. The van der Waals surface area contributed by atoms with E-state index in [1.807, 2.05) is 0 Å². The summed E-state index contributed by atoms with van der Waals surface area (Å²) in [5.41, 5.74) is 7.98. The fraction of sp³-hybridized carbons (Fsp3) is 0.321. The van der Waals surface area contributed by atoms with E-state index in [0.717, 1.165) is 13.0 Å². The fourth-order valence-corrected chi connectivity index (χ4v) is 4.80. The average molecular weight is 398 g/mol. The standard InChI is InChI=1S/C28H32N2/c1-6-20-30-24-17-13-11-15-22(24)28(4,5)26(30)19-9-7-8-18-25-27(2,3)21-14-10-12-16-23(21)29-25/h7-19H,6,20H2,1-5H3/p+1. The first-order valence-electron chi connectivity index (χ1n) is 11.0. The second-order valence-electron chi connectivity index (χ2n) is 9.30. The van der Waals surface area contributed by atoms with Gasteiger partial charge in [0.05, 0.1) is 5.41 Å². The molecule has 2 heterocycles. The van der Waals surface area contributed by atoms with Crippen molar-refractivity contribution in [2.24, 2.45) is 0 Å². The Morgan fingerprint density at radius 1 is 0.833 bits per heavy atom. The van der Waals surface area contributed by atoms with E-state index < -0.39 is 0 Å². The topological polar surface area (TPSA) is 15.0 Å². The van der Waals surface area contributed by atoms with Crippen LogP contribution < -0.4 is 5.32 Å². The van der Waals surface area contributed by atoms with Crippen molar-refractivity contribution in [1.29, 1.82) is 0 Å². The van der Waals surface area contributed by atoms with Gasteiger partial charge in [-0.3, -0.25) is 0 Å².